The van der Waals surface area contributed by atoms with Crippen LogP contribution in [0.15, 0.2) is 0 Å². The minimum Gasteiger partial charge on any atom is -0.199 e. The molecule has 0 unspecified atom stereocenters. The first kappa shape index (κ1) is 6.57. The lowest BCUT2D eigenvalue weighted by molar-refractivity contribution is -0.155. The molecule has 0 aliphatic rings. The van der Waals surface area contributed by atoms with Crippen molar-refractivity contribution in [1.29, 1.82) is 0 Å². The first-order chi connectivity index (χ1) is 2.81. The molecule has 0 aromatic heterocycles. The van der Waals surface area contributed by atoms with Crippen molar-refractivity contribution in [3.63, 3.8) is 0 Å². The molecule has 0 amide bonds. The summed E-state index contributed by atoms with van der Waals surface area (Å²) < 4.78 is 2.57. The summed E-state index contributed by atoms with van der Waals surface area (Å²) in [6.07, 6.45) is 0. The molecule has 0 aliphatic heterocycles. The van der Waals surface area contributed by atoms with Crippen LogP contribution in [0.2, 0.25) is 0 Å². The second-order valence-electron chi connectivity index (χ2n) is 0.687. The summed E-state index contributed by atoms with van der Waals surface area (Å²) >= 11 is 1.88. The van der Waals surface area contributed by atoms with E-state index < -0.39 is 0 Å². The van der Waals surface area contributed by atoms with Gasteiger partial charge in [0.05, 0.1) is 0 Å². The molecule has 5 heteroatoms. The van der Waals surface area contributed by atoms with Crippen molar-refractivity contribution in [2.45, 2.75) is 0 Å². The van der Waals surface area contributed by atoms with Crippen LogP contribution in [0.25, 0.3) is 0 Å². The highest BCUT2D eigenvalue weighted by Gasteiger charge is 1.82. The van der Waals surface area contributed by atoms with E-state index in [1.807, 2.05) is 22.9 Å². The highest BCUT2D eigenvalue weighted by atomic mass is 127. The molecule has 6 heavy (non-hydrogen) atoms. The van der Waals surface area contributed by atoms with Gasteiger partial charge in [0.1, 0.15) is 0 Å². The van der Waals surface area contributed by atoms with E-state index in [1.165, 1.54) is 5.17 Å². The Labute approximate surface area is 50.0 Å². The zero-order valence-corrected chi connectivity index (χ0v) is 5.47. The van der Waals surface area contributed by atoms with E-state index in [4.69, 9.17) is 0 Å². The highest BCUT2D eigenvalue weighted by Crippen LogP contribution is 1.72. The summed E-state index contributed by atoms with van der Waals surface area (Å²) in [6, 6.07) is 0. The third-order valence-corrected chi connectivity index (χ3v) is 0.957. The minimum absolute atomic E-state index is 1.26. The van der Waals surface area contributed by atoms with Gasteiger partial charge in [-0.2, -0.15) is 14.5 Å². The minimum atomic E-state index is 1.26. The fourth-order valence-corrected chi connectivity index (χ4v) is 0.134. The smallest absolute Gasteiger partial charge is 0.0357 e. The number of hydrogen-bond acceptors (Lipinski definition) is 4. The van der Waals surface area contributed by atoms with Crippen molar-refractivity contribution in [3.05, 3.63) is 0 Å². The molecule has 0 rings (SSSR count). The zero-order chi connectivity index (χ0) is 4.99. The number of hydroxylamine groups is 1. The maximum absolute atomic E-state index is 4.64. The molecule has 38 valence electrons. The molecule has 3 N–H and O–H groups in total. The van der Waals surface area contributed by atoms with Crippen molar-refractivity contribution in [3.8, 4) is 0 Å². The molecule has 0 aromatic carbocycles. The average molecular weight is 203 g/mol. The zero-order valence-electron chi connectivity index (χ0n) is 3.31. The largest absolute Gasteiger partial charge is 0.199 e. The Balaban J connectivity index is 2.75. The Morgan fingerprint density at radius 2 is 2.50 bits per heavy atom. The number of rotatable bonds is 2. The van der Waals surface area contributed by atoms with E-state index in [9.17, 15) is 0 Å². The van der Waals surface area contributed by atoms with E-state index in [2.05, 4.69) is 14.5 Å². The molecule has 0 atom stereocenters. The van der Waals surface area contributed by atoms with Gasteiger partial charge in [-0.1, -0.05) is 5.17 Å². The number of halogens is 1. The van der Waals surface area contributed by atoms with Gasteiger partial charge in [0, 0.05) is 29.9 Å². The van der Waals surface area contributed by atoms with Crippen molar-refractivity contribution < 1.29 is 4.94 Å². The van der Waals surface area contributed by atoms with Gasteiger partial charge in [-0.15, -0.1) is 0 Å². The Morgan fingerprint density at radius 3 is 2.50 bits per heavy atom. The predicted molar refractivity (Wildman–Crippen MR) is 30.2 cm³/mol. The molecular formula is CH6IN3O. The lowest BCUT2D eigenvalue weighted by Gasteiger charge is -2.05. The topological polar surface area (TPSA) is 50.5 Å². The highest BCUT2D eigenvalue weighted by molar-refractivity contribution is 14.1. The van der Waals surface area contributed by atoms with Crippen LogP contribution in [0.3, 0.4) is 0 Å². The van der Waals surface area contributed by atoms with Gasteiger partial charge in [-0.3, -0.25) is 0 Å². The van der Waals surface area contributed by atoms with E-state index in [0.717, 1.165) is 0 Å². The second-order valence-corrected chi connectivity index (χ2v) is 1.17. The van der Waals surface area contributed by atoms with E-state index >= 15 is 0 Å². The maximum Gasteiger partial charge on any atom is 0.0357 e. The summed E-state index contributed by atoms with van der Waals surface area (Å²) in [7, 11) is 1.65. The van der Waals surface area contributed by atoms with E-state index in [-0.39, 0.29) is 0 Å². The van der Waals surface area contributed by atoms with Crippen LogP contribution >= 0.6 is 22.9 Å². The fourth-order valence-electron chi connectivity index (χ4n) is 0.0199. The number of nitrogens with two attached hydrogens (primary N) is 1. The monoisotopic (exact) mass is 203 g/mol. The van der Waals surface area contributed by atoms with Crippen molar-refractivity contribution in [1.82, 2.24) is 8.81 Å². The Bertz CT molecular complexity index is 30.0. The summed E-state index contributed by atoms with van der Waals surface area (Å²) in [4.78, 5) is 4.11. The lowest BCUT2D eigenvalue weighted by Crippen LogP contribution is -2.29. The van der Waals surface area contributed by atoms with Gasteiger partial charge >= 0.3 is 0 Å². The molecular weight excluding hydrogens is 197 g/mol. The molecule has 0 bridgehead atoms. The SMILES string of the molecule is CN(NI)ON. The van der Waals surface area contributed by atoms with Crippen LogP contribution in [-0.4, -0.2) is 12.2 Å². The van der Waals surface area contributed by atoms with Crippen molar-refractivity contribution in [2.24, 2.45) is 5.90 Å². The molecule has 4 nitrogen and oxygen atoms in total. The molecule has 0 spiro atoms. The molecule has 0 heterocycles. The van der Waals surface area contributed by atoms with Crippen LogP contribution in [0.4, 0.5) is 0 Å². The van der Waals surface area contributed by atoms with Gasteiger partial charge in [0.2, 0.25) is 0 Å². The van der Waals surface area contributed by atoms with Gasteiger partial charge < -0.3 is 0 Å². The number of nitrogens with zero attached hydrogens (tertiary/aromatic N) is 1. The third kappa shape index (κ3) is 2.79. The Morgan fingerprint density at radius 1 is 2.00 bits per heavy atom. The first-order valence-corrected chi connectivity index (χ1v) is 2.36. The normalized spacial score (nSPS) is 10.0. The molecule has 0 saturated carbocycles. The van der Waals surface area contributed by atoms with Crippen LogP contribution in [-0.2, 0) is 4.94 Å². The molecule has 0 aromatic rings. The lowest BCUT2D eigenvalue weighted by atomic mass is 11.5. The van der Waals surface area contributed by atoms with Gasteiger partial charge in [0.15, 0.2) is 0 Å². The maximum atomic E-state index is 4.64. The van der Waals surface area contributed by atoms with E-state index in [0.29, 0.717) is 0 Å². The average Bonchev–Trinajstić information content (AvgIpc) is 1.65. The predicted octanol–water partition coefficient (Wildman–Crippen LogP) is -0.422. The van der Waals surface area contributed by atoms with Crippen molar-refractivity contribution in [2.75, 3.05) is 7.05 Å². The Hall–Kier alpha value is 0.570. The summed E-state index contributed by atoms with van der Waals surface area (Å²) in [5.74, 6) is 4.64. The number of hydrazine groups is 1. The standard InChI is InChI=1S/CH6IN3O/c1-5(4-2)6-3/h4H,3H2,1H3. The summed E-state index contributed by atoms with van der Waals surface area (Å²) in [5, 5.41) is 1.26. The van der Waals surface area contributed by atoms with Gasteiger partial charge in [-0.25, -0.2) is 0 Å². The number of nitrogens with one attached hydrogen (secondary N) is 1. The molecule has 0 aliphatic carbocycles. The van der Waals surface area contributed by atoms with Crippen LogP contribution in [0.1, 0.15) is 0 Å². The molecule has 0 radical (unpaired) electrons. The fraction of sp³-hybridized carbons (Fsp3) is 1.00. The Kier molecular flexibility index (Phi) is 4.11. The van der Waals surface area contributed by atoms with Gasteiger partial charge in [0.25, 0.3) is 0 Å². The summed E-state index contributed by atoms with van der Waals surface area (Å²) in [5.41, 5.74) is 0. The number of hydrogen-bond donors (Lipinski definition) is 2. The first-order valence-electron chi connectivity index (χ1n) is 1.28. The third-order valence-electron chi connectivity index (χ3n) is 0.277. The van der Waals surface area contributed by atoms with Crippen molar-refractivity contribution >= 4 is 22.9 Å². The second kappa shape index (κ2) is 3.75. The molecule has 0 fully saturated rings. The van der Waals surface area contributed by atoms with Crippen LogP contribution in [0, 0.1) is 0 Å². The van der Waals surface area contributed by atoms with Crippen LogP contribution < -0.4 is 9.54 Å². The molecule has 0 saturated heterocycles. The van der Waals surface area contributed by atoms with Crippen LogP contribution in [0.5, 0.6) is 0 Å². The summed E-state index contributed by atoms with van der Waals surface area (Å²) in [6.45, 7) is 0. The van der Waals surface area contributed by atoms with Gasteiger partial charge in [-0.05, 0) is 0 Å². The quantitative estimate of drug-likeness (QED) is 0.363. The van der Waals surface area contributed by atoms with E-state index in [1.54, 1.807) is 7.05 Å².